The molecule has 0 aliphatic rings. The molecule has 2 aromatic rings. The van der Waals surface area contributed by atoms with Gasteiger partial charge in [-0.25, -0.2) is 0 Å². The van der Waals surface area contributed by atoms with Crippen molar-refractivity contribution in [1.29, 1.82) is 0 Å². The van der Waals surface area contributed by atoms with Gasteiger partial charge in [0.15, 0.2) is 0 Å². The Morgan fingerprint density at radius 1 is 1.04 bits per heavy atom. The third kappa shape index (κ3) is 5.63. The van der Waals surface area contributed by atoms with Crippen molar-refractivity contribution in [1.82, 2.24) is 0 Å². The maximum atomic E-state index is 10.8. The van der Waals surface area contributed by atoms with Gasteiger partial charge in [0.25, 0.3) is 0 Å². The molecule has 0 radical (unpaired) electrons. The Hall–Kier alpha value is -2.22. The summed E-state index contributed by atoms with van der Waals surface area (Å²) in [7, 11) is 0. The quantitative estimate of drug-likeness (QED) is 0.572. The van der Waals surface area contributed by atoms with E-state index in [1.54, 1.807) is 0 Å². The second-order valence-electron chi connectivity index (χ2n) is 8.99. The van der Waals surface area contributed by atoms with Crippen molar-refractivity contribution in [3.63, 3.8) is 0 Å². The van der Waals surface area contributed by atoms with Gasteiger partial charge in [0, 0.05) is 6.42 Å². The van der Waals surface area contributed by atoms with Crippen molar-refractivity contribution in [2.75, 3.05) is 6.61 Å². The molecule has 0 aliphatic carbocycles. The zero-order chi connectivity index (χ0) is 20.2. The molecule has 2 nitrogen and oxygen atoms in total. The van der Waals surface area contributed by atoms with Gasteiger partial charge in [-0.05, 0) is 52.5 Å². The fraction of sp³-hybridized carbons (Fsp3) is 0.440. The van der Waals surface area contributed by atoms with E-state index >= 15 is 0 Å². The summed E-state index contributed by atoms with van der Waals surface area (Å²) in [6.07, 6.45) is 1.52. The summed E-state index contributed by atoms with van der Waals surface area (Å²) in [4.78, 5) is 0. The summed E-state index contributed by atoms with van der Waals surface area (Å²) >= 11 is 0. The Balaban J connectivity index is 2.45. The lowest BCUT2D eigenvalue weighted by Crippen LogP contribution is -2.15. The van der Waals surface area contributed by atoms with Crippen LogP contribution in [0.25, 0.3) is 0 Å². The first-order chi connectivity index (χ1) is 12.6. The fourth-order valence-corrected chi connectivity index (χ4v) is 3.28. The molecule has 0 spiro atoms. The second-order valence-corrected chi connectivity index (χ2v) is 8.99. The number of hydrogen-bond donors (Lipinski definition) is 1. The van der Waals surface area contributed by atoms with Crippen LogP contribution in [0, 0.1) is 5.92 Å². The molecule has 0 unspecified atom stereocenters. The summed E-state index contributed by atoms with van der Waals surface area (Å²) in [6.45, 7) is 17.4. The van der Waals surface area contributed by atoms with Gasteiger partial charge in [0.05, 0.1) is 0 Å². The minimum Gasteiger partial charge on any atom is -0.507 e. The maximum absolute atomic E-state index is 10.8. The largest absolute Gasteiger partial charge is 0.507 e. The number of hydrogen-bond acceptors (Lipinski definition) is 2. The highest BCUT2D eigenvalue weighted by molar-refractivity contribution is 5.50. The van der Waals surface area contributed by atoms with Gasteiger partial charge < -0.3 is 9.84 Å². The van der Waals surface area contributed by atoms with E-state index in [-0.39, 0.29) is 5.41 Å². The Kier molecular flexibility index (Phi) is 6.75. The summed E-state index contributed by atoms with van der Waals surface area (Å²) in [5.41, 5.74) is 5.20. The Morgan fingerprint density at radius 2 is 1.63 bits per heavy atom. The lowest BCUT2D eigenvalue weighted by molar-refractivity contribution is 0.338. The normalized spacial score (nSPS) is 11.7. The summed E-state index contributed by atoms with van der Waals surface area (Å²) in [5, 5.41) is 10.8. The molecule has 1 N–H and O–H groups in total. The van der Waals surface area contributed by atoms with Crippen LogP contribution in [0.15, 0.2) is 48.6 Å². The van der Waals surface area contributed by atoms with Crippen molar-refractivity contribution < 1.29 is 9.84 Å². The molecule has 0 aromatic heterocycles. The number of aromatic hydroxyl groups is 1. The van der Waals surface area contributed by atoms with Crippen molar-refractivity contribution in [2.45, 2.75) is 59.8 Å². The van der Waals surface area contributed by atoms with Gasteiger partial charge in [0.2, 0.25) is 0 Å². The van der Waals surface area contributed by atoms with Crippen molar-refractivity contribution in [3.8, 4) is 11.5 Å². The first-order valence-electron chi connectivity index (χ1n) is 9.79. The molecular formula is C25H34O2. The molecule has 27 heavy (non-hydrogen) atoms. The zero-order valence-corrected chi connectivity index (χ0v) is 17.7. The van der Waals surface area contributed by atoms with Crippen molar-refractivity contribution in [3.05, 3.63) is 70.8 Å². The maximum Gasteiger partial charge on any atom is 0.127 e. The summed E-state index contributed by atoms with van der Waals surface area (Å²) in [6, 6.07) is 12.4. The minimum atomic E-state index is -0.0258. The molecule has 2 heteroatoms. The topological polar surface area (TPSA) is 29.5 Å². The highest BCUT2D eigenvalue weighted by atomic mass is 16.5. The smallest absolute Gasteiger partial charge is 0.127 e. The van der Waals surface area contributed by atoms with E-state index in [1.807, 2.05) is 25.1 Å². The molecule has 0 bridgehead atoms. The third-order valence-electron chi connectivity index (χ3n) is 4.58. The van der Waals surface area contributed by atoms with E-state index < -0.39 is 0 Å². The van der Waals surface area contributed by atoms with Crippen LogP contribution in [0.2, 0.25) is 0 Å². The predicted molar refractivity (Wildman–Crippen MR) is 115 cm³/mol. The molecule has 0 saturated heterocycles. The summed E-state index contributed by atoms with van der Waals surface area (Å²) < 4.78 is 6.18. The van der Waals surface area contributed by atoms with Crippen LogP contribution in [-0.2, 0) is 18.3 Å². The molecule has 2 aromatic carbocycles. The zero-order valence-electron chi connectivity index (χ0n) is 17.7. The lowest BCUT2D eigenvalue weighted by atomic mass is 9.84. The van der Waals surface area contributed by atoms with Crippen molar-refractivity contribution >= 4 is 0 Å². The average molecular weight is 367 g/mol. The molecule has 0 fully saturated rings. The molecule has 0 saturated carbocycles. The van der Waals surface area contributed by atoms with Crippen LogP contribution < -0.4 is 4.74 Å². The van der Waals surface area contributed by atoms with E-state index in [0.717, 1.165) is 34.4 Å². The van der Waals surface area contributed by atoms with E-state index in [2.05, 4.69) is 59.4 Å². The molecule has 2 rings (SSSR count). The number of phenols is 1. The third-order valence-corrected chi connectivity index (χ3v) is 4.58. The predicted octanol–water partition coefficient (Wildman–Crippen LogP) is 6.43. The Morgan fingerprint density at radius 3 is 2.22 bits per heavy atom. The average Bonchev–Trinajstić information content (AvgIpc) is 2.55. The Bertz CT molecular complexity index is 794. The van der Waals surface area contributed by atoms with Crippen LogP contribution in [0.4, 0.5) is 0 Å². The molecule has 0 heterocycles. The Labute approximate surface area is 164 Å². The minimum absolute atomic E-state index is 0.0258. The van der Waals surface area contributed by atoms with Gasteiger partial charge in [-0.1, -0.05) is 77.6 Å². The number of phenolic OH excluding ortho intramolecular Hbond substituents is 1. The molecule has 0 amide bonds. The SMILES string of the molecule is C=C(C)COc1c(Cc2cccc(CC(C)C)c2O)cccc1C(C)(C)C. The highest BCUT2D eigenvalue weighted by Gasteiger charge is 2.22. The number of ether oxygens (including phenoxy) is 1. The fourth-order valence-electron chi connectivity index (χ4n) is 3.28. The van der Waals surface area contributed by atoms with Gasteiger partial charge in [0.1, 0.15) is 18.1 Å². The van der Waals surface area contributed by atoms with Gasteiger partial charge >= 0.3 is 0 Å². The number of para-hydroxylation sites is 2. The molecule has 0 aliphatic heterocycles. The lowest BCUT2D eigenvalue weighted by Gasteiger charge is -2.25. The van der Waals surface area contributed by atoms with Gasteiger partial charge in [-0.15, -0.1) is 0 Å². The monoisotopic (exact) mass is 366 g/mol. The molecule has 0 atom stereocenters. The number of rotatable bonds is 7. The van der Waals surface area contributed by atoms with Gasteiger partial charge in [-0.3, -0.25) is 0 Å². The van der Waals surface area contributed by atoms with Gasteiger partial charge in [-0.2, -0.15) is 0 Å². The highest BCUT2D eigenvalue weighted by Crippen LogP contribution is 2.37. The van der Waals surface area contributed by atoms with Crippen LogP contribution in [0.5, 0.6) is 11.5 Å². The first kappa shape index (κ1) is 21.1. The van der Waals surface area contributed by atoms with Crippen LogP contribution >= 0.6 is 0 Å². The van der Waals surface area contributed by atoms with Crippen LogP contribution in [0.3, 0.4) is 0 Å². The number of benzene rings is 2. The van der Waals surface area contributed by atoms with Crippen molar-refractivity contribution in [2.24, 2.45) is 5.92 Å². The van der Waals surface area contributed by atoms with E-state index in [9.17, 15) is 5.11 Å². The molecular weight excluding hydrogens is 332 g/mol. The molecule has 146 valence electrons. The van der Waals surface area contributed by atoms with Crippen LogP contribution in [-0.4, -0.2) is 11.7 Å². The standard InChI is InChI=1S/C25H34O2/c1-17(2)14-19-10-8-11-20(23(19)26)15-21-12-9-13-22(25(5,6)7)24(21)27-16-18(3)4/h8-13,17,26H,3,14-16H2,1-2,4-7H3. The van der Waals surface area contributed by atoms with E-state index in [0.29, 0.717) is 24.7 Å². The van der Waals surface area contributed by atoms with E-state index in [1.165, 1.54) is 5.56 Å². The first-order valence-corrected chi connectivity index (χ1v) is 9.79. The second kappa shape index (κ2) is 8.65. The van der Waals surface area contributed by atoms with E-state index in [4.69, 9.17) is 4.74 Å². The van der Waals surface area contributed by atoms with Crippen LogP contribution in [0.1, 0.15) is 63.8 Å². The summed E-state index contributed by atoms with van der Waals surface area (Å²) in [5.74, 6) is 1.84.